The van der Waals surface area contributed by atoms with Crippen LogP contribution < -0.4 is 0 Å². The molecule has 0 bridgehead atoms. The van der Waals surface area contributed by atoms with Crippen LogP contribution in [-0.2, 0) is 33.2 Å². The Bertz CT molecular complexity index is 964. The molecule has 0 saturated carbocycles. The van der Waals surface area contributed by atoms with E-state index in [-0.39, 0.29) is 0 Å². The molecule has 0 radical (unpaired) electrons. The summed E-state index contributed by atoms with van der Waals surface area (Å²) in [6.45, 7) is -6.60. The molecule has 0 spiro atoms. The van der Waals surface area contributed by atoms with Crippen molar-refractivity contribution in [2.75, 3.05) is 46.2 Å². The van der Waals surface area contributed by atoms with E-state index in [0.29, 0.717) is 0 Å². The van der Waals surface area contributed by atoms with E-state index in [9.17, 15) is 71.5 Å². The van der Waals surface area contributed by atoms with Crippen LogP contribution in [0.1, 0.15) is 0 Å². The average molecular weight is 667 g/mol. The summed E-state index contributed by atoms with van der Waals surface area (Å²) in [5, 5.41) is 142. The van der Waals surface area contributed by atoms with Crippen molar-refractivity contribution in [1.82, 2.24) is 0 Å². The van der Waals surface area contributed by atoms with E-state index < -0.39 is 149 Å². The Balaban J connectivity index is 1.60. The lowest BCUT2D eigenvalue weighted by molar-refractivity contribution is -0.369. The van der Waals surface area contributed by atoms with Gasteiger partial charge in [-0.3, -0.25) is 0 Å². The van der Waals surface area contributed by atoms with Crippen molar-refractivity contribution in [3.8, 4) is 0 Å². The molecule has 4 saturated heterocycles. The third-order valence-electron chi connectivity index (χ3n) is 8.49. The van der Waals surface area contributed by atoms with Gasteiger partial charge in [-0.1, -0.05) is 0 Å². The first kappa shape index (κ1) is 37.0. The van der Waals surface area contributed by atoms with Gasteiger partial charge < -0.3 is 105 Å². The minimum absolute atomic E-state index is 0.800. The maximum Gasteiger partial charge on any atom is 0.222 e. The van der Waals surface area contributed by atoms with Crippen LogP contribution >= 0.6 is 0 Å². The van der Waals surface area contributed by atoms with Crippen LogP contribution in [0, 0.1) is 0 Å². The van der Waals surface area contributed by atoms with Crippen LogP contribution in [-0.4, -0.2) is 221 Å². The minimum atomic E-state index is -2.57. The van der Waals surface area contributed by atoms with Gasteiger partial charge in [-0.2, -0.15) is 0 Å². The molecule has 0 amide bonds. The van der Waals surface area contributed by atoms with E-state index in [1.54, 1.807) is 0 Å². The normalized spacial score (nSPS) is 52.1. The van der Waals surface area contributed by atoms with Crippen LogP contribution in [0.25, 0.3) is 0 Å². The largest absolute Gasteiger partial charge is 0.394 e. The quantitative estimate of drug-likeness (QED) is 0.0867. The summed E-state index contributed by atoms with van der Waals surface area (Å²) >= 11 is 0. The van der Waals surface area contributed by atoms with Gasteiger partial charge >= 0.3 is 0 Å². The van der Waals surface area contributed by atoms with Crippen LogP contribution in [0.4, 0.5) is 0 Å². The fourth-order valence-corrected chi connectivity index (χ4v) is 5.61. The third kappa shape index (κ3) is 6.61. The SMILES string of the molecule is OC[C@H]1O[C@@](CO)(OC[C@@]2(OC[C@@]3(OC[C@H]4O[C@@H](O)[C@H](O)[C@@H](O)[C@@H]4O)O[C@H](CO)[C@@H](O)[C@@H]3O)O[C@H](CO)[C@@H](O)[C@@H]2O)[C@@H](O)[C@@H]1O. The van der Waals surface area contributed by atoms with Crippen molar-refractivity contribution >= 4 is 0 Å². The van der Waals surface area contributed by atoms with Gasteiger partial charge in [0.25, 0.3) is 0 Å². The second-order valence-electron chi connectivity index (χ2n) is 11.3. The molecule has 0 aromatic carbocycles. The first-order valence-corrected chi connectivity index (χ1v) is 14.0. The van der Waals surface area contributed by atoms with Crippen molar-refractivity contribution in [1.29, 1.82) is 0 Å². The van der Waals surface area contributed by atoms with E-state index in [2.05, 4.69) is 0 Å². The lowest BCUT2D eigenvalue weighted by Gasteiger charge is -2.42. The maximum absolute atomic E-state index is 11.0. The maximum atomic E-state index is 11.0. The lowest BCUT2D eigenvalue weighted by atomic mass is 9.99. The Morgan fingerprint density at radius 1 is 0.444 bits per heavy atom. The highest BCUT2D eigenvalue weighted by molar-refractivity contribution is 5.03. The summed E-state index contributed by atoms with van der Waals surface area (Å²) in [5.41, 5.74) is 0. The first-order chi connectivity index (χ1) is 21.2. The molecule has 0 aromatic heterocycles. The van der Waals surface area contributed by atoms with Gasteiger partial charge in [0, 0.05) is 0 Å². The lowest BCUT2D eigenvalue weighted by Crippen LogP contribution is -2.61. The molecule has 4 aliphatic heterocycles. The summed E-state index contributed by atoms with van der Waals surface area (Å²) in [7, 11) is 0. The predicted octanol–water partition coefficient (Wildman–Crippen LogP) is -9.74. The third-order valence-corrected chi connectivity index (χ3v) is 8.49. The topological polar surface area (TPSA) is 348 Å². The van der Waals surface area contributed by atoms with E-state index in [0.717, 1.165) is 0 Å². The smallest absolute Gasteiger partial charge is 0.222 e. The average Bonchev–Trinajstić information content (AvgIpc) is 3.55. The molecule has 0 aromatic rings. The molecule has 4 fully saturated rings. The Hall–Kier alpha value is -0.840. The predicted molar refractivity (Wildman–Crippen MR) is 134 cm³/mol. The Morgan fingerprint density at radius 3 is 1.27 bits per heavy atom. The number of aliphatic hydroxyl groups is 14. The first-order valence-electron chi connectivity index (χ1n) is 14.0. The Kier molecular flexibility index (Phi) is 11.8. The minimum Gasteiger partial charge on any atom is -0.394 e. The van der Waals surface area contributed by atoms with Gasteiger partial charge in [0.1, 0.15) is 99.2 Å². The molecule has 4 aliphatic rings. The van der Waals surface area contributed by atoms with E-state index in [1.165, 1.54) is 0 Å². The van der Waals surface area contributed by atoms with Crippen molar-refractivity contribution in [3.63, 3.8) is 0 Å². The highest BCUT2D eigenvalue weighted by atomic mass is 16.8. The van der Waals surface area contributed by atoms with E-state index >= 15 is 0 Å². The summed E-state index contributed by atoms with van der Waals surface area (Å²) in [6.07, 6.45) is -25.1. The molecule has 0 aliphatic carbocycles. The number of ether oxygens (including phenoxy) is 7. The zero-order chi connectivity index (χ0) is 33.5. The molecule has 21 heteroatoms. The summed E-state index contributed by atoms with van der Waals surface area (Å²) < 4.78 is 38.4. The van der Waals surface area contributed by atoms with Gasteiger partial charge in [0.15, 0.2) is 6.29 Å². The van der Waals surface area contributed by atoms with Gasteiger partial charge in [-0.15, -0.1) is 0 Å². The number of aliphatic hydroxyl groups excluding tert-OH is 14. The van der Waals surface area contributed by atoms with E-state index in [1.807, 2.05) is 0 Å². The fourth-order valence-electron chi connectivity index (χ4n) is 5.61. The van der Waals surface area contributed by atoms with Gasteiger partial charge in [-0.25, -0.2) is 0 Å². The highest BCUT2D eigenvalue weighted by Crippen LogP contribution is 2.41. The second-order valence-corrected chi connectivity index (χ2v) is 11.3. The Labute approximate surface area is 254 Å². The molecule has 14 N–H and O–H groups in total. The standard InChI is InChI=1S/C24H42O21/c25-1-8-13(30)18(35)22(5-28,43-8)40-7-24(20(37)15(32)10(3-27)45-24)41-6-23(19(36)14(31)9(2-26)44-23)39-4-11-12(29)16(33)17(34)21(38)42-11/h8-21,25-38H,1-7H2/t8-,9-,10-,11-,12-,13-,14-,15-,16+,17-,18+,19+,20+,21-,22-,23-,24-/m1/s1. The molecule has 4 heterocycles. The van der Waals surface area contributed by atoms with Crippen molar-refractivity contribution in [3.05, 3.63) is 0 Å². The number of hydrogen-bond donors (Lipinski definition) is 14. The zero-order valence-electron chi connectivity index (χ0n) is 23.7. The molecular weight excluding hydrogens is 624 g/mol. The second kappa shape index (κ2) is 14.3. The molecule has 17 atom stereocenters. The zero-order valence-corrected chi connectivity index (χ0v) is 23.7. The summed E-state index contributed by atoms with van der Waals surface area (Å²) in [5.74, 6) is -7.51. The Morgan fingerprint density at radius 2 is 0.844 bits per heavy atom. The van der Waals surface area contributed by atoms with Gasteiger partial charge in [0.05, 0.1) is 26.4 Å². The molecule has 264 valence electrons. The number of rotatable bonds is 13. The van der Waals surface area contributed by atoms with Crippen molar-refractivity contribution in [2.45, 2.75) is 103 Å². The molecule has 4 rings (SSSR count). The van der Waals surface area contributed by atoms with Crippen LogP contribution in [0.15, 0.2) is 0 Å². The van der Waals surface area contributed by atoms with Gasteiger partial charge in [-0.05, 0) is 0 Å². The highest BCUT2D eigenvalue weighted by Gasteiger charge is 2.63. The van der Waals surface area contributed by atoms with Crippen LogP contribution in [0.2, 0.25) is 0 Å². The molecule has 0 unspecified atom stereocenters. The molecular formula is C24H42O21. The van der Waals surface area contributed by atoms with Crippen molar-refractivity contribution in [2.24, 2.45) is 0 Å². The summed E-state index contributed by atoms with van der Waals surface area (Å²) in [6, 6.07) is 0. The summed E-state index contributed by atoms with van der Waals surface area (Å²) in [4.78, 5) is 0. The monoisotopic (exact) mass is 666 g/mol. The van der Waals surface area contributed by atoms with Gasteiger partial charge in [0.2, 0.25) is 17.4 Å². The number of hydrogen-bond acceptors (Lipinski definition) is 21. The van der Waals surface area contributed by atoms with Crippen molar-refractivity contribution < 1.29 is 105 Å². The van der Waals surface area contributed by atoms with Crippen LogP contribution in [0.5, 0.6) is 0 Å². The molecule has 21 nitrogen and oxygen atoms in total. The van der Waals surface area contributed by atoms with E-state index in [4.69, 9.17) is 33.2 Å². The molecule has 45 heavy (non-hydrogen) atoms. The van der Waals surface area contributed by atoms with Crippen LogP contribution in [0.3, 0.4) is 0 Å². The fraction of sp³-hybridized carbons (Fsp3) is 1.00.